The summed E-state index contributed by atoms with van der Waals surface area (Å²) in [5, 5.41) is 0. The van der Waals surface area contributed by atoms with E-state index in [1.54, 1.807) is 25.3 Å². The van der Waals surface area contributed by atoms with Gasteiger partial charge in [0.1, 0.15) is 28.7 Å². The van der Waals surface area contributed by atoms with Crippen molar-refractivity contribution in [3.8, 4) is 0 Å². The Balaban J connectivity index is 1.73. The highest BCUT2D eigenvalue weighted by molar-refractivity contribution is 5.81. The van der Waals surface area contributed by atoms with Gasteiger partial charge in [0.2, 0.25) is 0 Å². The predicted molar refractivity (Wildman–Crippen MR) is 93.3 cm³/mol. The van der Waals surface area contributed by atoms with Gasteiger partial charge in [0.25, 0.3) is 0 Å². The molecule has 144 valence electrons. The molecular formula is C19H21F2N3O3. The van der Waals surface area contributed by atoms with Gasteiger partial charge in [0, 0.05) is 19.0 Å². The second-order valence-corrected chi connectivity index (χ2v) is 8.17. The Bertz CT molecular complexity index is 962. The van der Waals surface area contributed by atoms with Crippen LogP contribution in [0.4, 0.5) is 13.6 Å². The highest BCUT2D eigenvalue weighted by atomic mass is 19.1. The lowest BCUT2D eigenvalue weighted by Gasteiger charge is -2.30. The second kappa shape index (κ2) is 6.00. The van der Waals surface area contributed by atoms with Crippen LogP contribution in [0, 0.1) is 17.6 Å². The normalized spacial score (nSPS) is 19.1. The van der Waals surface area contributed by atoms with E-state index in [0.29, 0.717) is 18.9 Å². The molecule has 1 aliphatic heterocycles. The molecule has 2 heterocycles. The maximum atomic E-state index is 15.1. The fraction of sp³-hybridized carbons (Fsp3) is 0.526. The maximum absolute atomic E-state index is 15.1. The molecule has 1 aliphatic carbocycles. The predicted octanol–water partition coefficient (Wildman–Crippen LogP) is 2.98. The average molecular weight is 377 g/mol. The zero-order valence-corrected chi connectivity index (χ0v) is 15.5. The van der Waals surface area contributed by atoms with Crippen LogP contribution >= 0.6 is 0 Å². The molecule has 0 saturated heterocycles. The lowest BCUT2D eigenvalue weighted by Crippen LogP contribution is -2.41. The van der Waals surface area contributed by atoms with Gasteiger partial charge in [-0.05, 0) is 44.7 Å². The molecule has 8 heteroatoms. The number of carbonyl (C=O) groups is 2. The highest BCUT2D eigenvalue weighted by Crippen LogP contribution is 2.37. The number of ether oxygens (including phenoxy) is 1. The summed E-state index contributed by atoms with van der Waals surface area (Å²) in [7, 11) is 0. The molecule has 0 radical (unpaired) electrons. The Morgan fingerprint density at radius 2 is 1.85 bits per heavy atom. The molecule has 0 saturated carbocycles. The van der Waals surface area contributed by atoms with Gasteiger partial charge < -0.3 is 14.1 Å². The van der Waals surface area contributed by atoms with Crippen molar-refractivity contribution in [1.29, 1.82) is 0 Å². The van der Waals surface area contributed by atoms with E-state index in [1.165, 1.54) is 4.90 Å². The lowest BCUT2D eigenvalue weighted by molar-refractivity contribution is -0.110. The van der Waals surface area contributed by atoms with Crippen LogP contribution in [0.1, 0.15) is 37.7 Å². The smallest absolute Gasteiger partial charge is 0.410 e. The molecular weight excluding hydrogens is 356 g/mol. The van der Waals surface area contributed by atoms with Gasteiger partial charge >= 0.3 is 6.09 Å². The molecule has 1 atom stereocenters. The van der Waals surface area contributed by atoms with Crippen LogP contribution in [0.5, 0.6) is 0 Å². The molecule has 2 aromatic rings. The molecule has 1 aromatic heterocycles. The van der Waals surface area contributed by atoms with Crippen LogP contribution in [0.25, 0.3) is 11.0 Å². The Labute approximate surface area is 155 Å². The Morgan fingerprint density at radius 3 is 2.48 bits per heavy atom. The quantitative estimate of drug-likeness (QED) is 0.717. The molecule has 1 unspecified atom stereocenters. The SMILES string of the molecule is CC(C)(C)OC(=O)N1CCn2c(nc3c(F)c4c(c(F)c32)CC(C=O)C4)C1. The number of rotatable bonds is 1. The third-order valence-electron chi connectivity index (χ3n) is 5.06. The summed E-state index contributed by atoms with van der Waals surface area (Å²) in [6.45, 7) is 6.10. The van der Waals surface area contributed by atoms with Gasteiger partial charge in [-0.3, -0.25) is 4.90 Å². The van der Waals surface area contributed by atoms with Gasteiger partial charge in [-0.2, -0.15) is 0 Å². The van der Waals surface area contributed by atoms with E-state index < -0.39 is 23.3 Å². The first-order valence-corrected chi connectivity index (χ1v) is 9.00. The summed E-state index contributed by atoms with van der Waals surface area (Å²) in [5.74, 6) is -1.03. The van der Waals surface area contributed by atoms with E-state index in [-0.39, 0.29) is 47.5 Å². The number of imidazole rings is 1. The van der Waals surface area contributed by atoms with E-state index in [1.807, 2.05) is 0 Å². The Kier molecular flexibility index (Phi) is 3.98. The fourth-order valence-electron chi connectivity index (χ4n) is 3.86. The van der Waals surface area contributed by atoms with Gasteiger partial charge in [0.15, 0.2) is 11.6 Å². The monoisotopic (exact) mass is 377 g/mol. The average Bonchev–Trinajstić information content (AvgIpc) is 3.19. The number of hydrogen-bond donors (Lipinski definition) is 0. The third kappa shape index (κ3) is 2.87. The number of aromatic nitrogens is 2. The number of hydrogen-bond acceptors (Lipinski definition) is 4. The van der Waals surface area contributed by atoms with Crippen molar-refractivity contribution in [1.82, 2.24) is 14.5 Å². The van der Waals surface area contributed by atoms with Crippen LogP contribution in [0.3, 0.4) is 0 Å². The minimum Gasteiger partial charge on any atom is -0.444 e. The number of carbonyl (C=O) groups excluding carboxylic acids is 2. The van der Waals surface area contributed by atoms with Gasteiger partial charge in [-0.25, -0.2) is 18.6 Å². The van der Waals surface area contributed by atoms with E-state index in [0.717, 1.165) is 6.29 Å². The van der Waals surface area contributed by atoms with Crippen molar-refractivity contribution in [2.75, 3.05) is 6.54 Å². The standard InChI is InChI=1S/C19H21F2N3O3/c1-19(2,3)27-18(26)23-4-5-24-13(8-23)22-16-14(20)11-6-10(9-25)7-12(11)15(21)17(16)24/h9-10H,4-8H2,1-3H3. The van der Waals surface area contributed by atoms with Crippen LogP contribution in [0.2, 0.25) is 0 Å². The summed E-state index contributed by atoms with van der Waals surface area (Å²) in [5.41, 5.74) is -0.00981. The van der Waals surface area contributed by atoms with Gasteiger partial charge in [0.05, 0.1) is 6.54 Å². The summed E-state index contributed by atoms with van der Waals surface area (Å²) in [6.07, 6.45) is 0.683. The van der Waals surface area contributed by atoms with E-state index in [4.69, 9.17) is 4.74 Å². The molecule has 6 nitrogen and oxygen atoms in total. The first kappa shape index (κ1) is 17.9. The van der Waals surface area contributed by atoms with Crippen molar-refractivity contribution < 1.29 is 23.1 Å². The van der Waals surface area contributed by atoms with E-state index in [2.05, 4.69) is 4.98 Å². The number of halogens is 2. The molecule has 0 bridgehead atoms. The summed E-state index contributed by atoms with van der Waals surface area (Å²) in [6, 6.07) is 0. The van der Waals surface area contributed by atoms with Crippen molar-refractivity contribution in [3.05, 3.63) is 28.6 Å². The summed E-state index contributed by atoms with van der Waals surface area (Å²) >= 11 is 0. The summed E-state index contributed by atoms with van der Waals surface area (Å²) in [4.78, 5) is 29.1. The highest BCUT2D eigenvalue weighted by Gasteiger charge is 2.34. The molecule has 0 fully saturated rings. The number of fused-ring (bicyclic) bond motifs is 4. The second-order valence-electron chi connectivity index (χ2n) is 8.17. The zero-order valence-electron chi connectivity index (χ0n) is 15.5. The minimum absolute atomic E-state index is 0.0289. The van der Waals surface area contributed by atoms with Crippen molar-refractivity contribution >= 4 is 23.4 Å². The summed E-state index contributed by atoms with van der Waals surface area (Å²) < 4.78 is 37.1. The maximum Gasteiger partial charge on any atom is 0.410 e. The molecule has 2 aliphatic rings. The topological polar surface area (TPSA) is 64.4 Å². The zero-order chi connectivity index (χ0) is 19.5. The molecule has 1 amide bonds. The van der Waals surface area contributed by atoms with Crippen LogP contribution in [-0.2, 0) is 35.5 Å². The first-order chi connectivity index (χ1) is 12.7. The fourth-order valence-corrected chi connectivity index (χ4v) is 3.86. The molecule has 1 aromatic carbocycles. The van der Waals surface area contributed by atoms with Gasteiger partial charge in [-0.15, -0.1) is 0 Å². The van der Waals surface area contributed by atoms with Crippen LogP contribution < -0.4 is 0 Å². The number of benzene rings is 1. The molecule has 4 rings (SSSR count). The van der Waals surface area contributed by atoms with Crippen molar-refractivity contribution in [2.45, 2.75) is 52.3 Å². The number of aldehydes is 1. The lowest BCUT2D eigenvalue weighted by atomic mass is 10.1. The molecule has 0 N–H and O–H groups in total. The largest absolute Gasteiger partial charge is 0.444 e. The van der Waals surface area contributed by atoms with Crippen molar-refractivity contribution in [2.24, 2.45) is 5.92 Å². The van der Waals surface area contributed by atoms with E-state index >= 15 is 4.39 Å². The Hall–Kier alpha value is -2.51. The molecule has 27 heavy (non-hydrogen) atoms. The van der Waals surface area contributed by atoms with Crippen molar-refractivity contribution in [3.63, 3.8) is 0 Å². The van der Waals surface area contributed by atoms with Crippen LogP contribution in [-0.4, -0.2) is 39.0 Å². The molecule has 0 spiro atoms. The Morgan fingerprint density at radius 1 is 1.19 bits per heavy atom. The first-order valence-electron chi connectivity index (χ1n) is 9.00. The number of amides is 1. The minimum atomic E-state index is -0.622. The van der Waals surface area contributed by atoms with Crippen LogP contribution in [0.15, 0.2) is 0 Å². The van der Waals surface area contributed by atoms with E-state index in [9.17, 15) is 14.0 Å². The van der Waals surface area contributed by atoms with Gasteiger partial charge in [-0.1, -0.05) is 0 Å². The third-order valence-corrected chi connectivity index (χ3v) is 5.06. The number of nitrogens with zero attached hydrogens (tertiary/aromatic N) is 3.